The number of carbonyl (C=O) groups is 3. The first kappa shape index (κ1) is 26.1. The van der Waals surface area contributed by atoms with Crippen LogP contribution >= 0.6 is 0 Å². The number of aromatic nitrogens is 1. The molecule has 3 aromatic rings. The number of imide groups is 1. The number of benzene rings is 2. The van der Waals surface area contributed by atoms with Crippen molar-refractivity contribution in [2.75, 3.05) is 34.3 Å². The van der Waals surface area contributed by atoms with Crippen molar-refractivity contribution in [3.8, 4) is 0 Å². The van der Waals surface area contributed by atoms with Crippen LogP contribution in [0.15, 0.2) is 24.3 Å². The largest absolute Gasteiger partial charge is 0.361 e. The molecule has 4 rings (SSSR count). The zero-order valence-electron chi connectivity index (χ0n) is 22.3. The molecule has 1 N–H and O–H groups in total. The van der Waals surface area contributed by atoms with Crippen LogP contribution in [0.5, 0.6) is 0 Å². The number of nitrogens with zero attached hydrogens (tertiary/aromatic N) is 3. The number of hydrogen-bond acceptors (Lipinski definition) is 5. The van der Waals surface area contributed by atoms with E-state index in [0.29, 0.717) is 30.0 Å². The Bertz CT molecular complexity index is 1370. The molecule has 0 aliphatic carbocycles. The Morgan fingerprint density at radius 3 is 2.42 bits per heavy atom. The van der Waals surface area contributed by atoms with E-state index < -0.39 is 8.07 Å². The van der Waals surface area contributed by atoms with Gasteiger partial charge in [0.25, 0.3) is 11.8 Å². The minimum absolute atomic E-state index is 0.147. The minimum Gasteiger partial charge on any atom is -0.361 e. The summed E-state index contributed by atoms with van der Waals surface area (Å²) in [5.74, 6) is -0.794. The maximum Gasteiger partial charge on any atom is 0.261 e. The third kappa shape index (κ3) is 4.70. The second-order valence-electron chi connectivity index (χ2n) is 11.1. The van der Waals surface area contributed by atoms with Crippen molar-refractivity contribution >= 4 is 47.6 Å². The Kier molecular flexibility index (Phi) is 7.09. The molecule has 0 radical (unpaired) electrons. The summed E-state index contributed by atoms with van der Waals surface area (Å²) in [6.45, 7) is 10.3. The molecule has 192 valence electrons. The average molecular weight is 509 g/mol. The van der Waals surface area contributed by atoms with Crippen LogP contribution in [0.3, 0.4) is 0 Å². The number of rotatable bonds is 9. The highest BCUT2D eigenvalue weighted by Gasteiger charge is 2.39. The van der Waals surface area contributed by atoms with Crippen LogP contribution in [0, 0.1) is 6.92 Å². The summed E-state index contributed by atoms with van der Waals surface area (Å²) in [4.78, 5) is 41.9. The summed E-state index contributed by atoms with van der Waals surface area (Å²) in [5.41, 5.74) is 4.09. The van der Waals surface area contributed by atoms with Crippen molar-refractivity contribution in [1.82, 2.24) is 19.7 Å². The van der Waals surface area contributed by atoms with E-state index in [-0.39, 0.29) is 30.8 Å². The van der Waals surface area contributed by atoms with Gasteiger partial charge in [0.05, 0.1) is 28.7 Å². The third-order valence-corrected chi connectivity index (χ3v) is 8.43. The first-order chi connectivity index (χ1) is 16.9. The second-order valence-corrected chi connectivity index (χ2v) is 16.7. The van der Waals surface area contributed by atoms with Crippen molar-refractivity contribution in [2.45, 2.75) is 45.9 Å². The smallest absolute Gasteiger partial charge is 0.261 e. The van der Waals surface area contributed by atoms with E-state index in [1.807, 2.05) is 45.3 Å². The van der Waals surface area contributed by atoms with E-state index in [0.717, 1.165) is 33.4 Å². The fraction of sp³-hybridized carbons (Fsp3) is 0.444. The summed E-state index contributed by atoms with van der Waals surface area (Å²) in [5, 5.41) is 4.82. The molecule has 36 heavy (non-hydrogen) atoms. The molecular weight excluding hydrogens is 472 g/mol. The molecule has 1 aliphatic heterocycles. The molecule has 0 saturated heterocycles. The number of ether oxygens (including phenoxy) is 1. The predicted molar refractivity (Wildman–Crippen MR) is 145 cm³/mol. The number of likely N-dealkylation sites (N-methyl/N-ethyl adjacent to an activating group) is 1. The number of para-hydroxylation sites is 1. The van der Waals surface area contributed by atoms with E-state index in [1.165, 1.54) is 11.9 Å². The molecule has 8 nitrogen and oxygen atoms in total. The normalized spacial score (nSPS) is 13.9. The zero-order valence-corrected chi connectivity index (χ0v) is 23.3. The molecule has 0 fully saturated rings. The lowest BCUT2D eigenvalue weighted by atomic mass is 9.92. The van der Waals surface area contributed by atoms with Gasteiger partial charge in [0.1, 0.15) is 6.73 Å². The lowest BCUT2D eigenvalue weighted by Gasteiger charge is -2.17. The van der Waals surface area contributed by atoms with Crippen molar-refractivity contribution in [3.05, 3.63) is 46.5 Å². The third-order valence-electron chi connectivity index (χ3n) is 6.73. The van der Waals surface area contributed by atoms with Crippen LogP contribution < -0.4 is 5.32 Å². The van der Waals surface area contributed by atoms with Gasteiger partial charge in [0, 0.05) is 39.0 Å². The quantitative estimate of drug-likeness (QED) is 0.270. The molecular formula is C27H36N4O4Si. The van der Waals surface area contributed by atoms with Gasteiger partial charge < -0.3 is 19.5 Å². The molecule has 2 heterocycles. The summed E-state index contributed by atoms with van der Waals surface area (Å²) in [6.07, 6.45) is 0. The first-order valence-electron chi connectivity index (χ1n) is 12.3. The summed E-state index contributed by atoms with van der Waals surface area (Å²) >= 11 is 0. The highest BCUT2D eigenvalue weighted by molar-refractivity contribution is 6.76. The van der Waals surface area contributed by atoms with Gasteiger partial charge in [-0.25, -0.2) is 0 Å². The van der Waals surface area contributed by atoms with Gasteiger partial charge in [0.15, 0.2) is 0 Å². The van der Waals surface area contributed by atoms with Crippen molar-refractivity contribution in [2.24, 2.45) is 0 Å². The predicted octanol–water partition coefficient (Wildman–Crippen LogP) is 3.82. The van der Waals surface area contributed by atoms with Crippen molar-refractivity contribution < 1.29 is 19.1 Å². The summed E-state index contributed by atoms with van der Waals surface area (Å²) in [6, 6.07) is 9.06. The molecule has 1 aromatic heterocycles. The fourth-order valence-electron chi connectivity index (χ4n) is 4.89. The van der Waals surface area contributed by atoms with E-state index >= 15 is 0 Å². The monoisotopic (exact) mass is 508 g/mol. The number of nitrogens with one attached hydrogen (secondary N) is 1. The summed E-state index contributed by atoms with van der Waals surface area (Å²) < 4.78 is 8.26. The van der Waals surface area contributed by atoms with Crippen LogP contribution in [0.4, 0.5) is 0 Å². The molecule has 9 heteroatoms. The molecule has 0 unspecified atom stereocenters. The Balaban J connectivity index is 1.91. The average Bonchev–Trinajstić information content (AvgIpc) is 3.24. The number of amides is 3. The van der Waals surface area contributed by atoms with Crippen molar-refractivity contribution in [1.29, 1.82) is 0 Å². The van der Waals surface area contributed by atoms with Gasteiger partial charge >= 0.3 is 0 Å². The molecule has 0 saturated carbocycles. The second kappa shape index (κ2) is 9.80. The maximum absolute atomic E-state index is 13.3. The zero-order chi connectivity index (χ0) is 26.4. The minimum atomic E-state index is -1.24. The fourth-order valence-corrected chi connectivity index (χ4v) is 5.64. The van der Waals surface area contributed by atoms with E-state index in [9.17, 15) is 14.4 Å². The van der Waals surface area contributed by atoms with Crippen LogP contribution in [-0.4, -0.2) is 74.5 Å². The Hall–Kier alpha value is -3.01. The van der Waals surface area contributed by atoms with Gasteiger partial charge in [-0.15, -0.1) is 0 Å². The van der Waals surface area contributed by atoms with Crippen LogP contribution in [0.25, 0.3) is 21.8 Å². The van der Waals surface area contributed by atoms with Gasteiger partial charge in [0.2, 0.25) is 5.91 Å². The standard InChI is InChI=1S/C27H36N4O4Si/c1-17-22-24(27(34)30(4)26(22)33)19(14-28-21(32)15-29(2)3)23-18-10-8-9-11-20(18)31(25(17)23)16-35-12-13-36(5,6)7/h8-11H,12-16H2,1-7H3,(H,28,32). The molecule has 3 amide bonds. The van der Waals surface area contributed by atoms with Gasteiger partial charge in [-0.2, -0.15) is 0 Å². The van der Waals surface area contributed by atoms with Gasteiger partial charge in [-0.05, 0) is 44.3 Å². The molecule has 0 atom stereocenters. The SMILES string of the molecule is Cc1c2c(c(CNC(=O)CN(C)C)c3c4ccccc4n(COCC[Si](C)(C)C)c13)C(=O)N(C)C2=O. The lowest BCUT2D eigenvalue weighted by Crippen LogP contribution is -2.33. The highest BCUT2D eigenvalue weighted by atomic mass is 28.3. The van der Waals surface area contributed by atoms with E-state index in [2.05, 4.69) is 29.5 Å². The molecule has 1 aliphatic rings. The lowest BCUT2D eigenvalue weighted by molar-refractivity contribution is -0.121. The van der Waals surface area contributed by atoms with Gasteiger partial charge in [-0.3, -0.25) is 19.3 Å². The Labute approximate surface area is 213 Å². The van der Waals surface area contributed by atoms with Crippen molar-refractivity contribution in [3.63, 3.8) is 0 Å². The number of carbonyl (C=O) groups excluding carboxylic acids is 3. The Morgan fingerprint density at radius 1 is 1.08 bits per heavy atom. The number of fused-ring (bicyclic) bond motifs is 4. The summed E-state index contributed by atoms with van der Waals surface area (Å²) in [7, 11) is 3.92. The molecule has 0 bridgehead atoms. The van der Waals surface area contributed by atoms with Gasteiger partial charge in [-0.1, -0.05) is 37.8 Å². The molecule has 2 aromatic carbocycles. The number of hydrogen-bond donors (Lipinski definition) is 1. The Morgan fingerprint density at radius 2 is 1.75 bits per heavy atom. The maximum atomic E-state index is 13.3. The topological polar surface area (TPSA) is 83.9 Å². The first-order valence-corrected chi connectivity index (χ1v) is 16.0. The number of aryl methyl sites for hydroxylation is 1. The van der Waals surface area contributed by atoms with Crippen LogP contribution in [0.2, 0.25) is 25.7 Å². The van der Waals surface area contributed by atoms with E-state index in [4.69, 9.17) is 4.74 Å². The van der Waals surface area contributed by atoms with E-state index in [1.54, 1.807) is 4.90 Å². The van der Waals surface area contributed by atoms with Crippen LogP contribution in [0.1, 0.15) is 31.8 Å². The molecule has 0 spiro atoms. The van der Waals surface area contributed by atoms with Crippen LogP contribution in [-0.2, 0) is 22.8 Å². The highest BCUT2D eigenvalue weighted by Crippen LogP contribution is 2.40.